The van der Waals surface area contributed by atoms with Crippen LogP contribution >= 0.6 is 0 Å². The first-order valence-electron chi connectivity index (χ1n) is 13.0. The van der Waals surface area contributed by atoms with E-state index in [0.717, 1.165) is 29.4 Å². The minimum absolute atomic E-state index is 0.0148. The molecule has 244 valence electrons. The van der Waals surface area contributed by atoms with E-state index in [1.165, 1.54) is 58.2 Å². The van der Waals surface area contributed by atoms with E-state index in [1.807, 2.05) is 0 Å². The fourth-order valence-electron chi connectivity index (χ4n) is 3.81. The second kappa shape index (κ2) is 12.5. The highest BCUT2D eigenvalue weighted by atomic mass is 19.4. The molecule has 4 aromatic rings. The maximum atomic E-state index is 13.8. The van der Waals surface area contributed by atoms with E-state index in [0.29, 0.717) is 0 Å². The molecule has 2 amide bonds. The average molecular weight is 655 g/mol. The second-order valence-corrected chi connectivity index (χ2v) is 10.4. The van der Waals surface area contributed by atoms with Crippen molar-refractivity contribution in [2.75, 3.05) is 23.9 Å². The highest BCUT2D eigenvalue weighted by molar-refractivity contribution is 6.03. The van der Waals surface area contributed by atoms with Crippen molar-refractivity contribution in [2.24, 2.45) is 0 Å². The van der Waals surface area contributed by atoms with E-state index in [9.17, 15) is 40.7 Å². The van der Waals surface area contributed by atoms with Crippen LogP contribution in [0.15, 0.2) is 59.5 Å². The summed E-state index contributed by atoms with van der Waals surface area (Å²) in [5.74, 6) is -2.59. The van der Waals surface area contributed by atoms with E-state index in [1.54, 1.807) is 0 Å². The number of carbonyl (C=O) groups excluding carboxylic acids is 3. The summed E-state index contributed by atoms with van der Waals surface area (Å²) in [5, 5.41) is 5.59. The number of nitrogens with zero attached hydrogens (tertiary/aromatic N) is 5. The molecule has 12 nitrogen and oxygen atoms in total. The van der Waals surface area contributed by atoms with Crippen LogP contribution in [-0.2, 0) is 15.7 Å². The number of hydrogen-bond donors (Lipinski definition) is 1. The van der Waals surface area contributed by atoms with Gasteiger partial charge in [0.05, 0.1) is 30.2 Å². The zero-order chi connectivity index (χ0) is 34.0. The Hall–Kier alpha value is -5.42. The number of nitrogens with one attached hydrogen (secondary N) is 1. The molecular formula is C28H24F6N6O6. The van der Waals surface area contributed by atoms with Gasteiger partial charge in [-0.3, -0.25) is 9.69 Å². The Balaban J connectivity index is 1.59. The molecule has 0 aliphatic carbocycles. The molecule has 18 heteroatoms. The number of anilines is 2. The summed E-state index contributed by atoms with van der Waals surface area (Å²) in [4.78, 5) is 45.1. The SMILES string of the molecule is COC(=O)c1ccc(-n2cc(NC(=O)c3coc(-c4ccnc(N(CC(F)(F)F)C(=O)OC(C)(C)C)c4)n3)c(C(F)(F)F)n2)cc1. The topological polar surface area (TPSA) is 142 Å². The standard InChI is InChI=1S/C28H24F6N6O6/c1-26(2,3)46-25(43)39(14-27(29,30)31)20-11-16(9-10-35-20)23-37-19(13-45-23)22(41)36-18-12-40(38-21(18)28(32,33)34)17-7-5-15(6-8-17)24(42)44-4/h5-13H,14H2,1-4H3,(H,36,41). The molecule has 46 heavy (non-hydrogen) atoms. The number of halogens is 6. The first-order valence-corrected chi connectivity index (χ1v) is 13.0. The number of oxazole rings is 1. The molecule has 4 rings (SSSR count). The molecule has 3 heterocycles. The van der Waals surface area contributed by atoms with Crippen LogP contribution in [0.3, 0.4) is 0 Å². The zero-order valence-corrected chi connectivity index (χ0v) is 24.4. The number of hydrogen-bond acceptors (Lipinski definition) is 9. The molecule has 0 radical (unpaired) electrons. The highest BCUT2D eigenvalue weighted by Gasteiger charge is 2.39. The van der Waals surface area contributed by atoms with Gasteiger partial charge in [-0.25, -0.2) is 24.2 Å². The number of amides is 2. The molecule has 3 aromatic heterocycles. The summed E-state index contributed by atoms with van der Waals surface area (Å²) in [6, 6.07) is 7.54. The molecule has 0 fully saturated rings. The van der Waals surface area contributed by atoms with E-state index >= 15 is 0 Å². The smallest absolute Gasteiger partial charge is 0.437 e. The van der Waals surface area contributed by atoms with Crippen LogP contribution in [0, 0.1) is 0 Å². The van der Waals surface area contributed by atoms with Gasteiger partial charge in [0.2, 0.25) is 5.89 Å². The third-order valence-corrected chi connectivity index (χ3v) is 5.74. The molecule has 1 aromatic carbocycles. The zero-order valence-electron chi connectivity index (χ0n) is 24.4. The first kappa shape index (κ1) is 33.5. The van der Waals surface area contributed by atoms with Crippen molar-refractivity contribution >= 4 is 29.5 Å². The molecule has 0 aliphatic heterocycles. The van der Waals surface area contributed by atoms with E-state index in [-0.39, 0.29) is 27.6 Å². The number of aromatic nitrogens is 4. The lowest BCUT2D eigenvalue weighted by atomic mass is 10.2. The fourth-order valence-corrected chi connectivity index (χ4v) is 3.81. The Morgan fingerprint density at radius 3 is 2.28 bits per heavy atom. The van der Waals surface area contributed by atoms with Crippen LogP contribution in [0.2, 0.25) is 0 Å². The molecular weight excluding hydrogens is 630 g/mol. The number of carbonyl (C=O) groups is 3. The summed E-state index contributed by atoms with van der Waals surface area (Å²) in [6.45, 7) is 2.66. The van der Waals surface area contributed by atoms with Crippen molar-refractivity contribution < 1.29 is 54.6 Å². The van der Waals surface area contributed by atoms with Gasteiger partial charge in [0, 0.05) is 11.8 Å². The molecule has 0 aliphatic rings. The van der Waals surface area contributed by atoms with Crippen molar-refractivity contribution in [3.05, 3.63) is 72.0 Å². The van der Waals surface area contributed by atoms with Gasteiger partial charge in [-0.1, -0.05) is 0 Å². The lowest BCUT2D eigenvalue weighted by Gasteiger charge is -2.27. The van der Waals surface area contributed by atoms with Crippen molar-refractivity contribution in [3.63, 3.8) is 0 Å². The van der Waals surface area contributed by atoms with E-state index in [4.69, 9.17) is 9.15 Å². The van der Waals surface area contributed by atoms with Crippen molar-refractivity contribution in [2.45, 2.75) is 38.7 Å². The van der Waals surface area contributed by atoms with Gasteiger partial charge in [0.15, 0.2) is 11.4 Å². The van der Waals surface area contributed by atoms with E-state index in [2.05, 4.69) is 25.1 Å². The van der Waals surface area contributed by atoms with Gasteiger partial charge in [-0.05, 0) is 57.2 Å². The molecule has 0 spiro atoms. The number of alkyl halides is 6. The average Bonchev–Trinajstić information content (AvgIpc) is 3.62. The number of rotatable bonds is 7. The van der Waals surface area contributed by atoms with Crippen LogP contribution in [0.1, 0.15) is 47.3 Å². The van der Waals surface area contributed by atoms with Crippen molar-refractivity contribution in [1.29, 1.82) is 0 Å². The van der Waals surface area contributed by atoms with Crippen LogP contribution in [0.4, 0.5) is 42.6 Å². The largest absolute Gasteiger partial charge is 0.465 e. The van der Waals surface area contributed by atoms with Crippen molar-refractivity contribution in [1.82, 2.24) is 19.7 Å². The van der Waals surface area contributed by atoms with Gasteiger partial charge < -0.3 is 19.2 Å². The molecule has 0 saturated heterocycles. The van der Waals surface area contributed by atoms with Gasteiger partial charge in [-0.15, -0.1) is 0 Å². The summed E-state index contributed by atoms with van der Waals surface area (Å²) in [7, 11) is 1.17. The molecule has 0 bridgehead atoms. The quantitative estimate of drug-likeness (QED) is 0.180. The Morgan fingerprint density at radius 2 is 1.70 bits per heavy atom. The Morgan fingerprint density at radius 1 is 1.02 bits per heavy atom. The highest BCUT2D eigenvalue weighted by Crippen LogP contribution is 2.35. The first-order chi connectivity index (χ1) is 21.3. The number of esters is 1. The van der Waals surface area contributed by atoms with Gasteiger partial charge in [0.1, 0.15) is 24.2 Å². The van der Waals surface area contributed by atoms with Gasteiger partial charge >= 0.3 is 24.4 Å². The fraction of sp³-hybridized carbons (Fsp3) is 0.286. The van der Waals surface area contributed by atoms with Crippen LogP contribution in [0.5, 0.6) is 0 Å². The summed E-state index contributed by atoms with van der Waals surface area (Å²) >= 11 is 0. The predicted octanol–water partition coefficient (Wildman–Crippen LogP) is 6.28. The normalized spacial score (nSPS) is 12.0. The summed E-state index contributed by atoms with van der Waals surface area (Å²) < 4.78 is 97.0. The number of benzene rings is 1. The number of methoxy groups -OCH3 is 1. The summed E-state index contributed by atoms with van der Waals surface area (Å²) in [5.41, 5.74) is -3.53. The van der Waals surface area contributed by atoms with Crippen molar-refractivity contribution in [3.8, 4) is 17.1 Å². The predicted molar refractivity (Wildman–Crippen MR) is 147 cm³/mol. The van der Waals surface area contributed by atoms with Crippen LogP contribution in [0.25, 0.3) is 17.1 Å². The summed E-state index contributed by atoms with van der Waals surface area (Å²) in [6.07, 6.45) is -8.37. The number of ether oxygens (including phenoxy) is 2. The monoisotopic (exact) mass is 654 g/mol. The third kappa shape index (κ3) is 8.19. The lowest BCUT2D eigenvalue weighted by Crippen LogP contribution is -2.42. The Kier molecular flexibility index (Phi) is 9.11. The van der Waals surface area contributed by atoms with E-state index < -0.39 is 65.4 Å². The number of pyridine rings is 1. The van der Waals surface area contributed by atoms with Gasteiger partial charge in [0.25, 0.3) is 5.91 Å². The minimum atomic E-state index is -4.99. The lowest BCUT2D eigenvalue weighted by molar-refractivity contribution is -0.140. The minimum Gasteiger partial charge on any atom is -0.465 e. The maximum absolute atomic E-state index is 13.8. The molecule has 0 atom stereocenters. The molecule has 0 unspecified atom stereocenters. The Bertz CT molecular complexity index is 1740. The van der Waals surface area contributed by atoms with Crippen LogP contribution < -0.4 is 10.2 Å². The second-order valence-electron chi connectivity index (χ2n) is 10.4. The maximum Gasteiger partial charge on any atom is 0.437 e. The van der Waals surface area contributed by atoms with Gasteiger partial charge in [-0.2, -0.15) is 31.4 Å². The molecule has 0 saturated carbocycles. The Labute approximate surface area is 255 Å². The van der Waals surface area contributed by atoms with Crippen LogP contribution in [-0.4, -0.2) is 63.2 Å². The third-order valence-electron chi connectivity index (χ3n) is 5.74. The molecule has 1 N–H and O–H groups in total.